The Morgan fingerprint density at radius 3 is 2.71 bits per heavy atom. The fourth-order valence-electron chi connectivity index (χ4n) is 2.48. The number of anilines is 1. The van der Waals surface area contributed by atoms with E-state index in [1.807, 2.05) is 0 Å². The minimum absolute atomic E-state index is 0.116. The van der Waals surface area contributed by atoms with Crippen molar-refractivity contribution in [1.82, 2.24) is 5.32 Å². The normalized spacial score (nSPS) is 22.1. The molecule has 0 radical (unpaired) electrons. The second kappa shape index (κ2) is 6.34. The van der Waals surface area contributed by atoms with Gasteiger partial charge in [0.25, 0.3) is 0 Å². The van der Waals surface area contributed by atoms with E-state index in [4.69, 9.17) is 5.73 Å². The van der Waals surface area contributed by atoms with Crippen molar-refractivity contribution in [2.45, 2.75) is 31.5 Å². The van der Waals surface area contributed by atoms with Crippen LogP contribution in [0, 0.1) is 5.92 Å². The van der Waals surface area contributed by atoms with Gasteiger partial charge in [0.1, 0.15) is 0 Å². The largest absolute Gasteiger partial charge is 0.416 e. The molecule has 0 saturated heterocycles. The summed E-state index contributed by atoms with van der Waals surface area (Å²) in [5.41, 5.74) is 5.10. The average molecular weight is 301 g/mol. The molecule has 2 atom stereocenters. The molecule has 0 aromatic heterocycles. The molecule has 2 amide bonds. The standard InChI is InChI=1S/C14H18F3N3O/c15-14(16,17)10-2-1-3-12(7-10)20-13(21)19-8-9-4-5-11(18)6-9/h1-3,7,9,11H,4-6,8,18H2,(H2,19,20,21). The molecule has 1 aromatic carbocycles. The molecule has 0 bridgehead atoms. The second-order valence-electron chi connectivity index (χ2n) is 5.35. The van der Waals surface area contributed by atoms with Crippen LogP contribution in [-0.4, -0.2) is 18.6 Å². The number of carbonyl (C=O) groups is 1. The molecule has 1 aliphatic rings. The molecular formula is C14H18F3N3O. The van der Waals surface area contributed by atoms with Crippen LogP contribution in [0.3, 0.4) is 0 Å². The highest BCUT2D eigenvalue weighted by molar-refractivity contribution is 5.89. The first-order valence-corrected chi connectivity index (χ1v) is 6.82. The molecule has 7 heteroatoms. The van der Waals surface area contributed by atoms with Crippen molar-refractivity contribution in [3.63, 3.8) is 0 Å². The monoisotopic (exact) mass is 301 g/mol. The average Bonchev–Trinajstić information content (AvgIpc) is 2.82. The number of urea groups is 1. The van der Waals surface area contributed by atoms with Crippen LogP contribution in [0.2, 0.25) is 0 Å². The van der Waals surface area contributed by atoms with Crippen molar-refractivity contribution in [1.29, 1.82) is 0 Å². The van der Waals surface area contributed by atoms with Crippen molar-refractivity contribution in [3.05, 3.63) is 29.8 Å². The first-order chi connectivity index (χ1) is 9.84. The lowest BCUT2D eigenvalue weighted by Gasteiger charge is -2.13. The van der Waals surface area contributed by atoms with Gasteiger partial charge in [-0.25, -0.2) is 4.79 Å². The van der Waals surface area contributed by atoms with E-state index in [1.165, 1.54) is 12.1 Å². The Kier molecular flexibility index (Phi) is 4.72. The predicted octanol–water partition coefficient (Wildman–Crippen LogP) is 2.95. The van der Waals surface area contributed by atoms with E-state index in [2.05, 4.69) is 10.6 Å². The van der Waals surface area contributed by atoms with Gasteiger partial charge in [-0.05, 0) is 43.4 Å². The summed E-state index contributed by atoms with van der Waals surface area (Å²) >= 11 is 0. The molecule has 1 saturated carbocycles. The van der Waals surface area contributed by atoms with Gasteiger partial charge in [0.2, 0.25) is 0 Å². The molecule has 0 aliphatic heterocycles. The molecule has 1 fully saturated rings. The minimum Gasteiger partial charge on any atom is -0.338 e. The van der Waals surface area contributed by atoms with Crippen LogP contribution in [-0.2, 0) is 6.18 Å². The second-order valence-corrected chi connectivity index (χ2v) is 5.35. The highest BCUT2D eigenvalue weighted by Crippen LogP contribution is 2.30. The molecule has 21 heavy (non-hydrogen) atoms. The third-order valence-electron chi connectivity index (χ3n) is 3.58. The fourth-order valence-corrected chi connectivity index (χ4v) is 2.48. The molecule has 2 rings (SSSR count). The summed E-state index contributed by atoms with van der Waals surface area (Å²) in [5.74, 6) is 0.340. The summed E-state index contributed by atoms with van der Waals surface area (Å²) in [6.45, 7) is 0.485. The van der Waals surface area contributed by atoms with Gasteiger partial charge >= 0.3 is 12.2 Å². The molecule has 116 valence electrons. The Bertz CT molecular complexity index is 504. The minimum atomic E-state index is -4.42. The van der Waals surface area contributed by atoms with Crippen molar-refractivity contribution in [2.75, 3.05) is 11.9 Å². The molecule has 4 nitrogen and oxygen atoms in total. The maximum absolute atomic E-state index is 12.6. The summed E-state index contributed by atoms with van der Waals surface area (Å²) in [6, 6.07) is 4.22. The van der Waals surface area contributed by atoms with Gasteiger partial charge in [-0.15, -0.1) is 0 Å². The number of hydrogen-bond donors (Lipinski definition) is 3. The third-order valence-corrected chi connectivity index (χ3v) is 3.58. The summed E-state index contributed by atoms with van der Waals surface area (Å²) in [6.07, 6.45) is -1.65. The van der Waals surface area contributed by atoms with E-state index in [1.54, 1.807) is 0 Å². The van der Waals surface area contributed by atoms with Crippen LogP contribution < -0.4 is 16.4 Å². The van der Waals surface area contributed by atoms with Crippen LogP contribution in [0.15, 0.2) is 24.3 Å². The quantitative estimate of drug-likeness (QED) is 0.803. The number of halogens is 3. The van der Waals surface area contributed by atoms with Crippen LogP contribution in [0.25, 0.3) is 0 Å². The van der Waals surface area contributed by atoms with E-state index in [9.17, 15) is 18.0 Å². The zero-order valence-electron chi connectivity index (χ0n) is 11.4. The number of alkyl halides is 3. The molecule has 1 aliphatic carbocycles. The first-order valence-electron chi connectivity index (χ1n) is 6.82. The highest BCUT2D eigenvalue weighted by atomic mass is 19.4. The molecule has 0 spiro atoms. The number of carbonyl (C=O) groups excluding carboxylic acids is 1. The summed E-state index contributed by atoms with van der Waals surface area (Å²) < 4.78 is 37.7. The van der Waals surface area contributed by atoms with E-state index in [0.29, 0.717) is 12.5 Å². The summed E-state index contributed by atoms with van der Waals surface area (Å²) in [5, 5.41) is 5.07. The van der Waals surface area contributed by atoms with Crippen LogP contribution in [0.4, 0.5) is 23.7 Å². The van der Waals surface area contributed by atoms with E-state index in [0.717, 1.165) is 31.4 Å². The summed E-state index contributed by atoms with van der Waals surface area (Å²) in [7, 11) is 0. The predicted molar refractivity (Wildman–Crippen MR) is 73.8 cm³/mol. The maximum Gasteiger partial charge on any atom is 0.416 e. The first kappa shape index (κ1) is 15.6. The van der Waals surface area contributed by atoms with Gasteiger partial charge in [0.05, 0.1) is 5.56 Å². The SMILES string of the molecule is NC1CCC(CNC(=O)Nc2cccc(C(F)(F)F)c2)C1. The van der Waals surface area contributed by atoms with Crippen molar-refractivity contribution < 1.29 is 18.0 Å². The lowest BCUT2D eigenvalue weighted by molar-refractivity contribution is -0.137. The lowest BCUT2D eigenvalue weighted by atomic mass is 10.1. The molecule has 1 aromatic rings. The van der Waals surface area contributed by atoms with Gasteiger partial charge in [-0.3, -0.25) is 0 Å². The van der Waals surface area contributed by atoms with Crippen LogP contribution in [0.5, 0.6) is 0 Å². The van der Waals surface area contributed by atoms with Gasteiger partial charge < -0.3 is 16.4 Å². The lowest BCUT2D eigenvalue weighted by Crippen LogP contribution is -2.33. The topological polar surface area (TPSA) is 67.1 Å². The Balaban J connectivity index is 1.85. The van der Waals surface area contributed by atoms with Crippen LogP contribution >= 0.6 is 0 Å². The number of hydrogen-bond acceptors (Lipinski definition) is 2. The van der Waals surface area contributed by atoms with Gasteiger partial charge in [0, 0.05) is 18.3 Å². The number of amides is 2. The zero-order valence-corrected chi connectivity index (χ0v) is 11.4. The van der Waals surface area contributed by atoms with Gasteiger partial charge in [0.15, 0.2) is 0 Å². The smallest absolute Gasteiger partial charge is 0.338 e. The Hall–Kier alpha value is -1.76. The van der Waals surface area contributed by atoms with Crippen molar-refractivity contribution in [3.8, 4) is 0 Å². The van der Waals surface area contributed by atoms with Gasteiger partial charge in [-0.2, -0.15) is 13.2 Å². The van der Waals surface area contributed by atoms with Gasteiger partial charge in [-0.1, -0.05) is 6.07 Å². The Morgan fingerprint density at radius 2 is 2.10 bits per heavy atom. The number of benzene rings is 1. The highest BCUT2D eigenvalue weighted by Gasteiger charge is 2.30. The maximum atomic E-state index is 12.6. The molecule has 2 unspecified atom stereocenters. The third kappa shape index (κ3) is 4.63. The number of nitrogens with one attached hydrogen (secondary N) is 2. The number of nitrogens with two attached hydrogens (primary N) is 1. The van der Waals surface area contributed by atoms with Crippen molar-refractivity contribution in [2.24, 2.45) is 11.7 Å². The van der Waals surface area contributed by atoms with E-state index < -0.39 is 17.8 Å². The van der Waals surface area contributed by atoms with Crippen molar-refractivity contribution >= 4 is 11.7 Å². The van der Waals surface area contributed by atoms with Crippen LogP contribution in [0.1, 0.15) is 24.8 Å². The molecule has 0 heterocycles. The Morgan fingerprint density at radius 1 is 1.33 bits per heavy atom. The fraction of sp³-hybridized carbons (Fsp3) is 0.500. The zero-order chi connectivity index (χ0) is 15.5. The molecular weight excluding hydrogens is 283 g/mol. The van der Waals surface area contributed by atoms with E-state index in [-0.39, 0.29) is 11.7 Å². The Labute approximate surface area is 120 Å². The summed E-state index contributed by atoms with van der Waals surface area (Å²) in [4.78, 5) is 11.7. The molecule has 4 N–H and O–H groups in total. The van der Waals surface area contributed by atoms with E-state index >= 15 is 0 Å². The number of rotatable bonds is 3.